The molecule has 16 heavy (non-hydrogen) atoms. The van der Waals surface area contributed by atoms with Crippen molar-refractivity contribution in [2.75, 3.05) is 32.1 Å². The van der Waals surface area contributed by atoms with E-state index in [1.54, 1.807) is 13.8 Å². The van der Waals surface area contributed by atoms with Crippen LogP contribution in [0.15, 0.2) is 0 Å². The number of aliphatic hydroxyl groups is 2. The van der Waals surface area contributed by atoms with Crippen LogP contribution in [0.3, 0.4) is 0 Å². The van der Waals surface area contributed by atoms with Crippen LogP contribution in [-0.2, 0) is 14.8 Å². The molecule has 1 atom stereocenters. The van der Waals surface area contributed by atoms with Crippen molar-refractivity contribution in [1.82, 2.24) is 4.31 Å². The number of nitrogens with zero attached hydrogens (tertiary/aromatic N) is 1. The van der Waals surface area contributed by atoms with Crippen molar-refractivity contribution < 1.29 is 23.4 Å². The molecule has 1 saturated heterocycles. The van der Waals surface area contributed by atoms with E-state index in [2.05, 4.69) is 0 Å². The summed E-state index contributed by atoms with van der Waals surface area (Å²) in [5.74, 6) is -0.290. The topological polar surface area (TPSA) is 87.1 Å². The van der Waals surface area contributed by atoms with Gasteiger partial charge in [0.15, 0.2) is 0 Å². The van der Waals surface area contributed by atoms with Crippen LogP contribution in [0.25, 0.3) is 0 Å². The first-order valence-corrected chi connectivity index (χ1v) is 6.79. The van der Waals surface area contributed by atoms with E-state index in [1.165, 1.54) is 4.31 Å². The Bertz CT molecular complexity index is 327. The lowest BCUT2D eigenvalue weighted by molar-refractivity contribution is -0.131. The van der Waals surface area contributed by atoms with Gasteiger partial charge in [0.2, 0.25) is 10.0 Å². The van der Waals surface area contributed by atoms with E-state index in [4.69, 9.17) is 14.9 Å². The molecular weight excluding hydrogens is 234 g/mol. The van der Waals surface area contributed by atoms with E-state index in [0.717, 1.165) is 0 Å². The average molecular weight is 253 g/mol. The zero-order valence-electron chi connectivity index (χ0n) is 9.59. The summed E-state index contributed by atoms with van der Waals surface area (Å²) in [7, 11) is -3.46. The van der Waals surface area contributed by atoms with E-state index in [1.807, 2.05) is 0 Å². The second-order valence-corrected chi connectivity index (χ2v) is 6.60. The van der Waals surface area contributed by atoms with Crippen LogP contribution in [0.5, 0.6) is 0 Å². The Morgan fingerprint density at radius 2 is 2.06 bits per heavy atom. The van der Waals surface area contributed by atoms with Gasteiger partial charge in [-0.15, -0.1) is 0 Å². The van der Waals surface area contributed by atoms with Crippen LogP contribution in [-0.4, -0.2) is 66.7 Å². The molecule has 0 aromatic heterocycles. The normalized spacial score (nSPS) is 26.9. The van der Waals surface area contributed by atoms with Crippen molar-refractivity contribution in [3.05, 3.63) is 0 Å². The van der Waals surface area contributed by atoms with E-state index in [-0.39, 0.29) is 25.4 Å². The molecule has 0 aromatic carbocycles. The van der Waals surface area contributed by atoms with Crippen LogP contribution in [0, 0.1) is 0 Å². The minimum absolute atomic E-state index is 0.141. The number of aliphatic hydroxyl groups excluding tert-OH is 2. The summed E-state index contributed by atoms with van der Waals surface area (Å²) in [6, 6.07) is 0. The Morgan fingerprint density at radius 1 is 1.44 bits per heavy atom. The molecule has 0 saturated carbocycles. The largest absolute Gasteiger partial charge is 0.395 e. The molecule has 0 radical (unpaired) electrons. The van der Waals surface area contributed by atoms with Crippen molar-refractivity contribution in [2.45, 2.75) is 25.6 Å². The van der Waals surface area contributed by atoms with Gasteiger partial charge < -0.3 is 14.9 Å². The highest BCUT2D eigenvalue weighted by Gasteiger charge is 2.38. The monoisotopic (exact) mass is 253 g/mol. The summed E-state index contributed by atoms with van der Waals surface area (Å²) in [4.78, 5) is 0. The van der Waals surface area contributed by atoms with E-state index >= 15 is 0 Å². The third-order valence-electron chi connectivity index (χ3n) is 2.40. The van der Waals surface area contributed by atoms with Gasteiger partial charge in [0.05, 0.1) is 30.7 Å². The lowest BCUT2D eigenvalue weighted by Crippen LogP contribution is -2.56. The van der Waals surface area contributed by atoms with Crippen LogP contribution in [0.1, 0.15) is 13.8 Å². The van der Waals surface area contributed by atoms with Crippen molar-refractivity contribution in [1.29, 1.82) is 0 Å². The minimum atomic E-state index is -3.46. The molecule has 1 fully saturated rings. The van der Waals surface area contributed by atoms with Crippen LogP contribution >= 0.6 is 0 Å². The summed E-state index contributed by atoms with van der Waals surface area (Å²) in [6.45, 7) is 3.32. The van der Waals surface area contributed by atoms with Crippen LogP contribution in [0.2, 0.25) is 0 Å². The summed E-state index contributed by atoms with van der Waals surface area (Å²) >= 11 is 0. The smallest absolute Gasteiger partial charge is 0.216 e. The molecule has 1 aliphatic heterocycles. The van der Waals surface area contributed by atoms with Gasteiger partial charge in [-0.25, -0.2) is 8.42 Å². The quantitative estimate of drug-likeness (QED) is 0.656. The number of hydrogen-bond donors (Lipinski definition) is 2. The molecule has 0 aromatic rings. The summed E-state index contributed by atoms with van der Waals surface area (Å²) in [6.07, 6.45) is -0.503. The minimum Gasteiger partial charge on any atom is -0.395 e. The second-order valence-electron chi connectivity index (χ2n) is 4.51. The van der Waals surface area contributed by atoms with Crippen molar-refractivity contribution >= 4 is 10.0 Å². The Labute approximate surface area is 95.9 Å². The Kier molecular flexibility index (Phi) is 4.30. The molecule has 0 bridgehead atoms. The van der Waals surface area contributed by atoms with E-state index in [0.29, 0.717) is 0 Å². The molecule has 1 unspecified atom stereocenters. The Morgan fingerprint density at radius 3 is 2.56 bits per heavy atom. The van der Waals surface area contributed by atoms with Gasteiger partial charge in [0, 0.05) is 13.1 Å². The SMILES string of the molecule is CC1(C)CN(S(=O)(=O)CCO)CC(CO)O1. The third kappa shape index (κ3) is 3.39. The average Bonchev–Trinajstić information content (AvgIpc) is 2.15. The molecule has 6 nitrogen and oxygen atoms in total. The van der Waals surface area contributed by atoms with Crippen molar-refractivity contribution in [3.63, 3.8) is 0 Å². The number of sulfonamides is 1. The first kappa shape index (κ1) is 13.9. The van der Waals surface area contributed by atoms with Gasteiger partial charge in [-0.05, 0) is 13.8 Å². The molecule has 0 spiro atoms. The Balaban J connectivity index is 2.81. The molecule has 1 aliphatic rings. The van der Waals surface area contributed by atoms with E-state index in [9.17, 15) is 8.42 Å². The lowest BCUT2D eigenvalue weighted by atomic mass is 10.1. The van der Waals surface area contributed by atoms with Crippen LogP contribution < -0.4 is 0 Å². The number of rotatable bonds is 4. The van der Waals surface area contributed by atoms with Crippen molar-refractivity contribution in [3.8, 4) is 0 Å². The molecule has 7 heteroatoms. The maximum Gasteiger partial charge on any atom is 0.216 e. The highest BCUT2D eigenvalue weighted by molar-refractivity contribution is 7.89. The van der Waals surface area contributed by atoms with Gasteiger partial charge in [-0.3, -0.25) is 0 Å². The molecule has 1 heterocycles. The van der Waals surface area contributed by atoms with Gasteiger partial charge in [-0.2, -0.15) is 4.31 Å². The molecular formula is C9H19NO5S. The third-order valence-corrected chi connectivity index (χ3v) is 4.16. The van der Waals surface area contributed by atoms with Gasteiger partial charge in [0.25, 0.3) is 0 Å². The number of hydrogen-bond acceptors (Lipinski definition) is 5. The van der Waals surface area contributed by atoms with Crippen LogP contribution in [0.4, 0.5) is 0 Å². The van der Waals surface area contributed by atoms with Gasteiger partial charge >= 0.3 is 0 Å². The maximum absolute atomic E-state index is 11.8. The lowest BCUT2D eigenvalue weighted by Gasteiger charge is -2.41. The second kappa shape index (κ2) is 4.97. The molecule has 2 N–H and O–H groups in total. The van der Waals surface area contributed by atoms with Gasteiger partial charge in [0.1, 0.15) is 0 Å². The highest BCUT2D eigenvalue weighted by Crippen LogP contribution is 2.23. The molecule has 0 aliphatic carbocycles. The first-order valence-electron chi connectivity index (χ1n) is 5.18. The Hall–Kier alpha value is -0.210. The fourth-order valence-corrected chi connectivity index (χ4v) is 3.18. The van der Waals surface area contributed by atoms with Crippen molar-refractivity contribution in [2.24, 2.45) is 0 Å². The first-order chi connectivity index (χ1) is 7.30. The zero-order chi connectivity index (χ0) is 12.4. The molecule has 96 valence electrons. The van der Waals surface area contributed by atoms with Gasteiger partial charge in [-0.1, -0.05) is 0 Å². The molecule has 0 amide bonds. The fraction of sp³-hybridized carbons (Fsp3) is 1.00. The number of ether oxygens (including phenoxy) is 1. The standard InChI is InChI=1S/C9H19NO5S/c1-9(2)7-10(5-8(6-12)15-9)16(13,14)4-3-11/h8,11-12H,3-7H2,1-2H3. The predicted octanol–water partition coefficient (Wildman–Crippen LogP) is -1.22. The summed E-state index contributed by atoms with van der Waals surface area (Å²) in [5, 5.41) is 17.7. The number of morpholine rings is 1. The summed E-state index contributed by atoms with van der Waals surface area (Å²) < 4.78 is 30.3. The zero-order valence-corrected chi connectivity index (χ0v) is 10.4. The van der Waals surface area contributed by atoms with E-state index < -0.39 is 28.3 Å². The molecule has 1 rings (SSSR count). The fourth-order valence-electron chi connectivity index (χ4n) is 1.79. The summed E-state index contributed by atoms with van der Waals surface area (Å²) in [5.41, 5.74) is -0.617. The maximum atomic E-state index is 11.8. The predicted molar refractivity (Wildman–Crippen MR) is 58.5 cm³/mol. The highest BCUT2D eigenvalue weighted by atomic mass is 32.2.